The van der Waals surface area contributed by atoms with Crippen LogP contribution in [0.25, 0.3) is 0 Å². The summed E-state index contributed by atoms with van der Waals surface area (Å²) >= 11 is 0. The van der Waals surface area contributed by atoms with E-state index in [2.05, 4.69) is 13.8 Å². The third-order valence-corrected chi connectivity index (χ3v) is 3.51. The van der Waals surface area contributed by atoms with Gasteiger partial charge in [-0.25, -0.2) is 0 Å². The molecule has 2 aromatic rings. The largest absolute Gasteiger partial charge is 0.252 e. The molecule has 0 spiro atoms. The van der Waals surface area contributed by atoms with Gasteiger partial charge in [-0.15, -0.1) is 0 Å². The normalized spacial score (nSPS) is 11.9. The van der Waals surface area contributed by atoms with Gasteiger partial charge in [0, 0.05) is 16.5 Å². The molecule has 0 saturated carbocycles. The molecule has 0 bridgehead atoms. The van der Waals surface area contributed by atoms with E-state index in [0.717, 1.165) is 35.6 Å². The van der Waals surface area contributed by atoms with Crippen LogP contribution >= 0.6 is 0 Å². The summed E-state index contributed by atoms with van der Waals surface area (Å²) in [6.07, 6.45) is 4.58. The number of nitrogens with zero attached hydrogens (tertiary/aromatic N) is 2. The smallest absolute Gasteiger partial charge is 0.0633 e. The van der Waals surface area contributed by atoms with Crippen molar-refractivity contribution in [2.24, 2.45) is 9.98 Å². The Morgan fingerprint density at radius 1 is 0.783 bits per heavy atom. The molecule has 0 heterocycles. The predicted molar refractivity (Wildman–Crippen MR) is 96.9 cm³/mol. The van der Waals surface area contributed by atoms with Gasteiger partial charge in [-0.1, -0.05) is 56.2 Å². The molecule has 0 unspecified atom stereocenters. The summed E-state index contributed by atoms with van der Waals surface area (Å²) in [5, 5.41) is 0. The van der Waals surface area contributed by atoms with Crippen molar-refractivity contribution in [3.05, 3.63) is 60.7 Å². The number of benzene rings is 2. The Morgan fingerprint density at radius 3 is 1.83 bits per heavy atom. The van der Waals surface area contributed by atoms with Crippen molar-refractivity contribution in [2.45, 2.75) is 39.5 Å². The summed E-state index contributed by atoms with van der Waals surface area (Å²) in [5.41, 5.74) is 4.07. The molecule has 0 aliphatic rings. The molecule has 0 amide bonds. The van der Waals surface area contributed by atoms with E-state index in [4.69, 9.17) is 9.98 Å². The molecule has 0 aromatic heterocycles. The summed E-state index contributed by atoms with van der Waals surface area (Å²) in [7, 11) is 0. The fraction of sp³-hybridized carbons (Fsp3) is 0.300. The molecule has 2 aromatic carbocycles. The molecule has 124 valence electrons. The summed E-state index contributed by atoms with van der Waals surface area (Å²) in [4.78, 5) is 9.53. The van der Waals surface area contributed by atoms with Crippen LogP contribution < -0.4 is 0 Å². The summed E-state index contributed by atoms with van der Waals surface area (Å²) in [6.45, 7) is 4.28. The number of aliphatic imine (C=N–C) groups is 2. The molecule has 3 heteroatoms. The van der Waals surface area contributed by atoms with Crippen molar-refractivity contribution < 1.29 is 16.5 Å². The van der Waals surface area contributed by atoms with Crippen molar-refractivity contribution in [3.63, 3.8) is 0 Å². The maximum atomic E-state index is 4.81. The van der Waals surface area contributed by atoms with Crippen molar-refractivity contribution in [3.8, 4) is 0 Å². The average Bonchev–Trinajstić information content (AvgIpc) is 2.56. The van der Waals surface area contributed by atoms with Crippen LogP contribution in [-0.4, -0.2) is 11.4 Å². The number of hydrogen-bond donors (Lipinski definition) is 0. The minimum atomic E-state index is 0. The summed E-state index contributed by atoms with van der Waals surface area (Å²) < 4.78 is 0. The van der Waals surface area contributed by atoms with Crippen LogP contribution in [0.4, 0.5) is 11.4 Å². The van der Waals surface area contributed by atoms with E-state index in [1.54, 1.807) is 0 Å². The van der Waals surface area contributed by atoms with Crippen LogP contribution in [-0.2, 0) is 16.5 Å². The molecule has 0 saturated heterocycles. The topological polar surface area (TPSA) is 24.7 Å². The maximum absolute atomic E-state index is 4.81. The number of rotatable bonds is 7. The first kappa shape index (κ1) is 19.3. The Labute approximate surface area is 149 Å². The van der Waals surface area contributed by atoms with Gasteiger partial charge in [0.15, 0.2) is 0 Å². The Hall–Kier alpha value is -1.73. The van der Waals surface area contributed by atoms with E-state index in [9.17, 15) is 0 Å². The molecule has 0 radical (unpaired) electrons. The summed E-state index contributed by atoms with van der Waals surface area (Å²) in [5.74, 6) is 0. The van der Waals surface area contributed by atoms with E-state index in [-0.39, 0.29) is 16.5 Å². The average molecular weight is 351 g/mol. The Kier molecular flexibility index (Phi) is 9.16. The van der Waals surface area contributed by atoms with Gasteiger partial charge in [-0.05, 0) is 44.0 Å². The van der Waals surface area contributed by atoms with Crippen molar-refractivity contribution in [1.82, 2.24) is 0 Å². The number of hydrogen-bond acceptors (Lipinski definition) is 2. The molecule has 0 fully saturated rings. The number of para-hydroxylation sites is 2. The monoisotopic (exact) mass is 350 g/mol. The van der Waals surface area contributed by atoms with Crippen LogP contribution in [0.15, 0.2) is 70.6 Å². The fourth-order valence-electron chi connectivity index (χ4n) is 2.28. The third-order valence-electron chi connectivity index (χ3n) is 3.51. The Bertz CT molecular complexity index is 619. The first-order valence-electron chi connectivity index (χ1n) is 8.03. The van der Waals surface area contributed by atoms with Crippen LogP contribution in [0.2, 0.25) is 0 Å². The minimum absolute atomic E-state index is 0. The van der Waals surface area contributed by atoms with Gasteiger partial charge in [0.05, 0.1) is 22.8 Å². The zero-order valence-electron chi connectivity index (χ0n) is 13.8. The predicted octanol–water partition coefficient (Wildman–Crippen LogP) is 6.13. The quantitative estimate of drug-likeness (QED) is 0.326. The van der Waals surface area contributed by atoms with E-state index in [0.29, 0.717) is 0 Å². The second-order valence-corrected chi connectivity index (χ2v) is 5.38. The zero-order chi connectivity index (χ0) is 15.6. The van der Waals surface area contributed by atoms with Gasteiger partial charge in [0.25, 0.3) is 0 Å². The standard InChI is InChI=1S/C20H24N2.Ni/c1-3-4-7-16-20(22-19-14-10-6-11-15-19)17(2)21-18-12-8-5-9-13-18;/h5-6,8-15H,3-4,7,16H2,1-2H3;/b21-17+,22-20+;. The molecule has 0 atom stereocenters. The molecule has 2 nitrogen and oxygen atoms in total. The van der Waals surface area contributed by atoms with E-state index >= 15 is 0 Å². The van der Waals surface area contributed by atoms with Crippen LogP contribution in [0.1, 0.15) is 39.5 Å². The van der Waals surface area contributed by atoms with Gasteiger partial charge >= 0.3 is 0 Å². The Morgan fingerprint density at radius 2 is 1.30 bits per heavy atom. The molecule has 2 rings (SSSR count). The van der Waals surface area contributed by atoms with E-state index in [1.165, 1.54) is 12.8 Å². The summed E-state index contributed by atoms with van der Waals surface area (Å²) in [6, 6.07) is 20.2. The molecule has 0 aliphatic heterocycles. The van der Waals surface area contributed by atoms with Gasteiger partial charge in [-0.2, -0.15) is 0 Å². The van der Waals surface area contributed by atoms with Crippen LogP contribution in [0, 0.1) is 0 Å². The molecular formula is C20H24N2Ni. The second-order valence-electron chi connectivity index (χ2n) is 5.38. The van der Waals surface area contributed by atoms with Crippen molar-refractivity contribution in [1.29, 1.82) is 0 Å². The number of unbranched alkanes of at least 4 members (excludes halogenated alkanes) is 2. The van der Waals surface area contributed by atoms with Crippen molar-refractivity contribution in [2.75, 3.05) is 0 Å². The van der Waals surface area contributed by atoms with Gasteiger partial charge in [0.2, 0.25) is 0 Å². The first-order valence-corrected chi connectivity index (χ1v) is 8.03. The third kappa shape index (κ3) is 6.92. The zero-order valence-corrected chi connectivity index (χ0v) is 14.8. The molecule has 0 aliphatic carbocycles. The molecular weight excluding hydrogens is 327 g/mol. The minimum Gasteiger partial charge on any atom is -0.252 e. The molecule has 0 N–H and O–H groups in total. The van der Waals surface area contributed by atoms with E-state index < -0.39 is 0 Å². The van der Waals surface area contributed by atoms with Crippen LogP contribution in [0.3, 0.4) is 0 Å². The van der Waals surface area contributed by atoms with Crippen molar-refractivity contribution >= 4 is 22.8 Å². The second kappa shape index (κ2) is 10.9. The maximum Gasteiger partial charge on any atom is 0.0633 e. The SMILES string of the molecule is CCCCCC(=N\c1ccccc1)/C(C)=N/c1ccccc1.[Ni]. The molecule has 23 heavy (non-hydrogen) atoms. The first-order chi connectivity index (χ1) is 10.8. The fourth-order valence-corrected chi connectivity index (χ4v) is 2.28. The van der Waals surface area contributed by atoms with Gasteiger partial charge < -0.3 is 0 Å². The van der Waals surface area contributed by atoms with Crippen LogP contribution in [0.5, 0.6) is 0 Å². The van der Waals surface area contributed by atoms with Gasteiger partial charge in [0.1, 0.15) is 0 Å². The van der Waals surface area contributed by atoms with E-state index in [1.807, 2.05) is 60.7 Å². The van der Waals surface area contributed by atoms with Gasteiger partial charge in [-0.3, -0.25) is 9.98 Å². The Balaban J connectivity index is 0.00000264.